The second-order valence-corrected chi connectivity index (χ2v) is 5.44. The van der Waals surface area contributed by atoms with Crippen molar-refractivity contribution in [2.45, 2.75) is 11.5 Å². The molecule has 0 aliphatic heterocycles. The maximum Gasteiger partial charge on any atom is 0.337 e. The van der Waals surface area contributed by atoms with Crippen molar-refractivity contribution in [3.8, 4) is 6.07 Å². The molecule has 0 amide bonds. The number of nitriles is 1. The van der Waals surface area contributed by atoms with Gasteiger partial charge in [0.1, 0.15) is 0 Å². The number of nitrogens with zero attached hydrogens (tertiary/aromatic N) is 1. The van der Waals surface area contributed by atoms with Crippen LogP contribution in [-0.2, 0) is 16.2 Å². The predicted molar refractivity (Wildman–Crippen MR) is 83.9 cm³/mol. The number of esters is 1. The van der Waals surface area contributed by atoms with Crippen LogP contribution in [0, 0.1) is 11.3 Å². The number of carbonyl (C=O) groups is 1. The molecule has 0 aromatic heterocycles. The zero-order chi connectivity index (χ0) is 15.1. The first-order chi connectivity index (χ1) is 10.2. The second kappa shape index (κ2) is 7.51. The molecular weight excluding hydrogens is 282 g/mol. The van der Waals surface area contributed by atoms with E-state index in [0.717, 1.165) is 22.6 Å². The molecule has 2 aromatic carbocycles. The fourth-order valence-corrected chi connectivity index (χ4v) is 2.93. The number of hydrogen-bond donors (Lipinski definition) is 0. The Labute approximate surface area is 128 Å². The molecule has 21 heavy (non-hydrogen) atoms. The van der Waals surface area contributed by atoms with Crippen molar-refractivity contribution in [2.75, 3.05) is 7.11 Å². The zero-order valence-electron chi connectivity index (χ0n) is 11.7. The molecule has 0 heterocycles. The van der Waals surface area contributed by atoms with Gasteiger partial charge in [0.2, 0.25) is 0 Å². The molecule has 106 valence electrons. The minimum Gasteiger partial charge on any atom is -0.465 e. The van der Waals surface area contributed by atoms with Crippen LogP contribution in [0.2, 0.25) is 0 Å². The van der Waals surface area contributed by atoms with Crippen LogP contribution in [-0.4, -0.2) is 13.1 Å². The lowest BCUT2D eigenvalue weighted by Crippen LogP contribution is -2.01. The van der Waals surface area contributed by atoms with E-state index in [1.807, 2.05) is 42.5 Å². The third-order valence-electron chi connectivity index (χ3n) is 3.01. The van der Waals surface area contributed by atoms with Crippen LogP contribution >= 0.6 is 11.8 Å². The molecule has 0 atom stereocenters. The molecule has 0 N–H and O–H groups in total. The lowest BCUT2D eigenvalue weighted by molar-refractivity contribution is 0.0600. The topological polar surface area (TPSA) is 50.1 Å². The van der Waals surface area contributed by atoms with Crippen molar-refractivity contribution >= 4 is 17.7 Å². The Morgan fingerprint density at radius 1 is 1.19 bits per heavy atom. The SMILES string of the molecule is COC(=O)c1cccc(CSCc2ccccc2C#N)c1. The lowest BCUT2D eigenvalue weighted by atomic mass is 10.1. The Kier molecular flexibility index (Phi) is 5.42. The standard InChI is InChI=1S/C17H15NO2S/c1-20-17(19)14-8-4-5-13(9-14)11-21-12-16-7-3-2-6-15(16)10-18/h2-9H,11-12H2,1H3. The van der Waals surface area contributed by atoms with E-state index in [2.05, 4.69) is 6.07 Å². The van der Waals surface area contributed by atoms with Gasteiger partial charge in [0.15, 0.2) is 0 Å². The van der Waals surface area contributed by atoms with Crippen LogP contribution in [0.15, 0.2) is 48.5 Å². The van der Waals surface area contributed by atoms with Gasteiger partial charge < -0.3 is 4.74 Å². The van der Waals surface area contributed by atoms with E-state index in [0.29, 0.717) is 11.1 Å². The fourth-order valence-electron chi connectivity index (χ4n) is 1.94. The molecule has 0 fully saturated rings. The largest absolute Gasteiger partial charge is 0.465 e. The molecule has 0 saturated heterocycles. The summed E-state index contributed by atoms with van der Waals surface area (Å²) in [5.74, 6) is 1.23. The van der Waals surface area contributed by atoms with E-state index >= 15 is 0 Å². The van der Waals surface area contributed by atoms with Crippen molar-refractivity contribution in [1.82, 2.24) is 0 Å². The van der Waals surface area contributed by atoms with Gasteiger partial charge in [-0.1, -0.05) is 30.3 Å². The molecular formula is C17H15NO2S. The molecule has 0 saturated carbocycles. The summed E-state index contributed by atoms with van der Waals surface area (Å²) >= 11 is 1.71. The quantitative estimate of drug-likeness (QED) is 0.788. The number of hydrogen-bond acceptors (Lipinski definition) is 4. The molecule has 4 heteroatoms. The van der Waals surface area contributed by atoms with Crippen molar-refractivity contribution in [1.29, 1.82) is 5.26 Å². The molecule has 0 bridgehead atoms. The van der Waals surface area contributed by atoms with E-state index in [9.17, 15) is 4.79 Å². The van der Waals surface area contributed by atoms with Crippen LogP contribution in [0.4, 0.5) is 0 Å². The summed E-state index contributed by atoms with van der Waals surface area (Å²) in [4.78, 5) is 11.5. The Balaban J connectivity index is 1.98. The van der Waals surface area contributed by atoms with E-state index in [-0.39, 0.29) is 5.97 Å². The second-order valence-electron chi connectivity index (χ2n) is 4.45. The van der Waals surface area contributed by atoms with Crippen LogP contribution in [0.3, 0.4) is 0 Å². The van der Waals surface area contributed by atoms with E-state index in [1.54, 1.807) is 17.8 Å². The maximum absolute atomic E-state index is 11.5. The third-order valence-corrected chi connectivity index (χ3v) is 4.06. The van der Waals surface area contributed by atoms with Gasteiger partial charge in [-0.15, -0.1) is 0 Å². The number of ether oxygens (including phenoxy) is 1. The van der Waals surface area contributed by atoms with Crippen LogP contribution in [0.25, 0.3) is 0 Å². The molecule has 0 radical (unpaired) electrons. The summed E-state index contributed by atoms with van der Waals surface area (Å²) in [5, 5.41) is 9.05. The highest BCUT2D eigenvalue weighted by atomic mass is 32.2. The van der Waals surface area contributed by atoms with Gasteiger partial charge >= 0.3 is 5.97 Å². The summed E-state index contributed by atoms with van der Waals surface area (Å²) in [5.41, 5.74) is 3.38. The van der Waals surface area contributed by atoms with E-state index in [4.69, 9.17) is 10.00 Å². The monoisotopic (exact) mass is 297 g/mol. The summed E-state index contributed by atoms with van der Waals surface area (Å²) in [7, 11) is 1.38. The van der Waals surface area contributed by atoms with Gasteiger partial charge in [-0.2, -0.15) is 17.0 Å². The lowest BCUT2D eigenvalue weighted by Gasteiger charge is -2.05. The van der Waals surface area contributed by atoms with Gasteiger partial charge in [0.05, 0.1) is 24.3 Å². The van der Waals surface area contributed by atoms with Crippen LogP contribution < -0.4 is 0 Å². The van der Waals surface area contributed by atoms with Crippen molar-refractivity contribution in [2.24, 2.45) is 0 Å². The normalized spacial score (nSPS) is 9.90. The smallest absolute Gasteiger partial charge is 0.337 e. The average Bonchev–Trinajstić information content (AvgIpc) is 2.55. The third kappa shape index (κ3) is 4.11. The number of thioether (sulfide) groups is 1. The summed E-state index contributed by atoms with van der Waals surface area (Å²) in [6.45, 7) is 0. The Bertz CT molecular complexity index is 676. The van der Waals surface area contributed by atoms with E-state index in [1.165, 1.54) is 7.11 Å². The van der Waals surface area contributed by atoms with Gasteiger partial charge in [-0.3, -0.25) is 0 Å². The molecule has 0 spiro atoms. The van der Waals surface area contributed by atoms with Crippen LogP contribution in [0.1, 0.15) is 27.0 Å². The number of benzene rings is 2. The summed E-state index contributed by atoms with van der Waals surface area (Å²) < 4.78 is 4.71. The highest BCUT2D eigenvalue weighted by Crippen LogP contribution is 2.20. The highest BCUT2D eigenvalue weighted by molar-refractivity contribution is 7.97. The average molecular weight is 297 g/mol. The summed E-state index contributed by atoms with van der Waals surface area (Å²) in [6.07, 6.45) is 0. The van der Waals surface area contributed by atoms with Crippen molar-refractivity contribution < 1.29 is 9.53 Å². The Morgan fingerprint density at radius 2 is 2.00 bits per heavy atom. The first-order valence-corrected chi connectivity index (χ1v) is 7.63. The minimum absolute atomic E-state index is 0.323. The number of carbonyl (C=O) groups excluding carboxylic acids is 1. The van der Waals surface area contributed by atoms with E-state index < -0.39 is 0 Å². The Morgan fingerprint density at radius 3 is 2.76 bits per heavy atom. The van der Waals surface area contributed by atoms with Gasteiger partial charge in [0, 0.05) is 11.5 Å². The molecule has 0 aliphatic carbocycles. The molecule has 0 aliphatic rings. The summed E-state index contributed by atoms with van der Waals surface area (Å²) in [6, 6.07) is 17.2. The highest BCUT2D eigenvalue weighted by Gasteiger charge is 2.06. The zero-order valence-corrected chi connectivity index (χ0v) is 12.5. The predicted octanol–water partition coefficient (Wildman–Crippen LogP) is 3.78. The molecule has 3 nitrogen and oxygen atoms in total. The van der Waals surface area contributed by atoms with Gasteiger partial charge in [-0.25, -0.2) is 4.79 Å². The Hall–Kier alpha value is -2.25. The minimum atomic E-state index is -0.323. The van der Waals surface area contributed by atoms with Crippen molar-refractivity contribution in [3.05, 3.63) is 70.8 Å². The van der Waals surface area contributed by atoms with Gasteiger partial charge in [0.25, 0.3) is 0 Å². The molecule has 0 unspecified atom stereocenters. The first kappa shape index (κ1) is 15.1. The van der Waals surface area contributed by atoms with Crippen LogP contribution in [0.5, 0.6) is 0 Å². The molecule has 2 rings (SSSR count). The fraction of sp³-hybridized carbons (Fsp3) is 0.176. The molecule has 2 aromatic rings. The number of methoxy groups -OCH3 is 1. The number of rotatable bonds is 5. The van der Waals surface area contributed by atoms with Crippen molar-refractivity contribution in [3.63, 3.8) is 0 Å². The first-order valence-electron chi connectivity index (χ1n) is 6.47. The maximum atomic E-state index is 11.5. The van der Waals surface area contributed by atoms with Gasteiger partial charge in [-0.05, 0) is 29.3 Å².